The maximum Gasteiger partial charge on any atom is 0.286 e. The number of nitrogens with zero attached hydrogens (tertiary/aromatic N) is 1. The molecule has 0 fully saturated rings. The van der Waals surface area contributed by atoms with Crippen molar-refractivity contribution in [3.63, 3.8) is 0 Å². The Kier molecular flexibility index (Phi) is 6.84. The smallest absolute Gasteiger partial charge is 0.286 e. The fourth-order valence-corrected chi connectivity index (χ4v) is 4.26. The minimum Gasteiger partial charge on any atom is -0.490 e. The van der Waals surface area contributed by atoms with Crippen LogP contribution in [0.25, 0.3) is 6.08 Å². The lowest BCUT2D eigenvalue weighted by molar-refractivity contribution is -0.113. The normalized spacial score (nSPS) is 14.9. The molecule has 0 aliphatic carbocycles. The number of hydrogen-bond donors (Lipinski definition) is 1. The summed E-state index contributed by atoms with van der Waals surface area (Å²) in [5, 5.41) is 0.271. The van der Waals surface area contributed by atoms with Crippen molar-refractivity contribution in [2.24, 2.45) is 10.7 Å². The zero-order valence-electron chi connectivity index (χ0n) is 18.7. The topological polar surface area (TPSA) is 73.9 Å². The Morgan fingerprint density at radius 2 is 1.55 bits per heavy atom. The standard InChI is InChI=1S/C27H26N2O3S/c1-27(2,20-8-4-3-5-9-20)21-11-13-22(14-12-21)31-15-16-32-23-10-6-7-19(17-23)18-24-25(30)29-26(28)33-24/h3-14,17-18H,15-16H2,1-2H3,(H2,28,29,30)/b24-18-. The first-order chi connectivity index (χ1) is 15.9. The number of rotatable bonds is 8. The molecule has 0 bridgehead atoms. The molecule has 0 radical (unpaired) electrons. The van der Waals surface area contributed by atoms with Crippen LogP contribution in [0.3, 0.4) is 0 Å². The Bertz CT molecular complexity index is 1190. The third-order valence-corrected chi connectivity index (χ3v) is 6.30. The van der Waals surface area contributed by atoms with Gasteiger partial charge >= 0.3 is 0 Å². The summed E-state index contributed by atoms with van der Waals surface area (Å²) < 4.78 is 11.7. The maximum atomic E-state index is 11.8. The second-order valence-electron chi connectivity index (χ2n) is 8.15. The van der Waals surface area contributed by atoms with E-state index in [4.69, 9.17) is 15.2 Å². The monoisotopic (exact) mass is 458 g/mol. The average molecular weight is 459 g/mol. The van der Waals surface area contributed by atoms with Crippen LogP contribution < -0.4 is 15.2 Å². The summed E-state index contributed by atoms with van der Waals surface area (Å²) in [5.74, 6) is 1.20. The van der Waals surface area contributed by atoms with Gasteiger partial charge in [0.05, 0.1) is 4.91 Å². The van der Waals surface area contributed by atoms with E-state index in [0.717, 1.165) is 11.3 Å². The Balaban J connectivity index is 1.29. The molecule has 0 atom stereocenters. The molecule has 1 aliphatic rings. The van der Waals surface area contributed by atoms with E-state index in [-0.39, 0.29) is 16.5 Å². The first-order valence-electron chi connectivity index (χ1n) is 10.7. The van der Waals surface area contributed by atoms with Crippen LogP contribution in [-0.4, -0.2) is 24.3 Å². The molecule has 0 saturated heterocycles. The molecular formula is C27H26N2O3S. The van der Waals surface area contributed by atoms with E-state index in [1.165, 1.54) is 22.9 Å². The summed E-state index contributed by atoms with van der Waals surface area (Å²) in [7, 11) is 0. The number of hydrogen-bond acceptors (Lipinski definition) is 5. The van der Waals surface area contributed by atoms with Gasteiger partial charge < -0.3 is 15.2 Å². The van der Waals surface area contributed by atoms with Crippen molar-refractivity contribution < 1.29 is 14.3 Å². The van der Waals surface area contributed by atoms with Gasteiger partial charge in [-0.05, 0) is 58.8 Å². The molecule has 3 aromatic carbocycles. The average Bonchev–Trinajstić information content (AvgIpc) is 3.14. The molecule has 1 heterocycles. The minimum atomic E-state index is -0.310. The van der Waals surface area contributed by atoms with Crippen LogP contribution in [0.5, 0.6) is 11.5 Å². The van der Waals surface area contributed by atoms with Crippen LogP contribution in [0.15, 0.2) is 88.8 Å². The van der Waals surface area contributed by atoms with Gasteiger partial charge in [-0.1, -0.05) is 68.4 Å². The maximum absolute atomic E-state index is 11.8. The van der Waals surface area contributed by atoms with Gasteiger partial charge in [0.2, 0.25) is 0 Å². The zero-order chi connectivity index (χ0) is 23.3. The van der Waals surface area contributed by atoms with E-state index in [1.807, 2.05) is 42.5 Å². The van der Waals surface area contributed by atoms with Crippen LogP contribution in [0.4, 0.5) is 0 Å². The Morgan fingerprint density at radius 1 is 0.879 bits per heavy atom. The molecule has 6 heteroatoms. The van der Waals surface area contributed by atoms with Crippen LogP contribution >= 0.6 is 11.8 Å². The quantitative estimate of drug-likeness (QED) is 0.361. The highest BCUT2D eigenvalue weighted by atomic mass is 32.2. The van der Waals surface area contributed by atoms with Gasteiger partial charge in [0.25, 0.3) is 5.91 Å². The third kappa shape index (κ3) is 5.65. The second-order valence-corrected chi connectivity index (χ2v) is 9.21. The first-order valence-corrected chi connectivity index (χ1v) is 11.5. The Morgan fingerprint density at radius 3 is 2.21 bits per heavy atom. The number of amidine groups is 1. The van der Waals surface area contributed by atoms with Crippen LogP contribution in [0, 0.1) is 0 Å². The minimum absolute atomic E-state index is 0.0807. The van der Waals surface area contributed by atoms with Gasteiger partial charge in [0.15, 0.2) is 5.17 Å². The molecule has 3 aromatic rings. The van der Waals surface area contributed by atoms with E-state index < -0.39 is 0 Å². The summed E-state index contributed by atoms with van der Waals surface area (Å²) in [6.07, 6.45) is 1.76. The SMILES string of the molecule is CC(C)(c1ccccc1)c1ccc(OCCOc2cccc(/C=C3\SC(N)=NC3=O)c2)cc1. The van der Waals surface area contributed by atoms with Gasteiger partial charge in [-0.25, -0.2) is 0 Å². The number of thioether (sulfide) groups is 1. The van der Waals surface area contributed by atoms with Crippen molar-refractivity contribution in [1.82, 2.24) is 0 Å². The first kappa shape index (κ1) is 22.7. The number of benzene rings is 3. The molecule has 1 aliphatic heterocycles. The molecule has 33 heavy (non-hydrogen) atoms. The van der Waals surface area contributed by atoms with Gasteiger partial charge in [0, 0.05) is 5.41 Å². The van der Waals surface area contributed by atoms with Crippen LogP contribution in [-0.2, 0) is 10.2 Å². The van der Waals surface area contributed by atoms with Crippen molar-refractivity contribution in [2.75, 3.05) is 13.2 Å². The molecule has 0 unspecified atom stereocenters. The molecule has 1 amide bonds. The lowest BCUT2D eigenvalue weighted by Crippen LogP contribution is -2.18. The molecule has 5 nitrogen and oxygen atoms in total. The summed E-state index contributed by atoms with van der Waals surface area (Å²) >= 11 is 1.17. The van der Waals surface area contributed by atoms with E-state index in [2.05, 4.69) is 55.2 Å². The number of aliphatic imine (C=N–C) groups is 1. The van der Waals surface area contributed by atoms with Gasteiger partial charge in [0.1, 0.15) is 24.7 Å². The van der Waals surface area contributed by atoms with E-state index >= 15 is 0 Å². The third-order valence-electron chi connectivity index (χ3n) is 5.49. The second kappa shape index (κ2) is 9.96. The summed E-state index contributed by atoms with van der Waals surface area (Å²) in [6, 6.07) is 26.2. The summed E-state index contributed by atoms with van der Waals surface area (Å²) in [5.41, 5.74) is 8.87. The number of nitrogens with two attached hydrogens (primary N) is 1. The number of amides is 1. The molecule has 4 rings (SSSR count). The van der Waals surface area contributed by atoms with E-state index in [0.29, 0.717) is 23.9 Å². The molecule has 168 valence electrons. The summed E-state index contributed by atoms with van der Waals surface area (Å²) in [4.78, 5) is 16.0. The zero-order valence-corrected chi connectivity index (χ0v) is 19.5. The number of carbonyl (C=O) groups excluding carboxylic acids is 1. The van der Waals surface area contributed by atoms with Crippen molar-refractivity contribution in [3.05, 3.63) is 100 Å². The highest BCUT2D eigenvalue weighted by molar-refractivity contribution is 8.18. The van der Waals surface area contributed by atoms with E-state index in [9.17, 15) is 4.79 Å². The van der Waals surface area contributed by atoms with Crippen molar-refractivity contribution >= 4 is 28.9 Å². The van der Waals surface area contributed by atoms with Gasteiger partial charge in [-0.2, -0.15) is 4.99 Å². The lowest BCUT2D eigenvalue weighted by atomic mass is 9.78. The predicted molar refractivity (Wildman–Crippen MR) is 135 cm³/mol. The summed E-state index contributed by atoms with van der Waals surface area (Å²) in [6.45, 7) is 5.27. The van der Waals surface area contributed by atoms with Crippen LogP contribution in [0.2, 0.25) is 0 Å². The molecule has 0 spiro atoms. The molecule has 0 aromatic heterocycles. The fraction of sp³-hybridized carbons (Fsp3) is 0.185. The largest absolute Gasteiger partial charge is 0.490 e. The lowest BCUT2D eigenvalue weighted by Gasteiger charge is -2.26. The van der Waals surface area contributed by atoms with Crippen LogP contribution in [0.1, 0.15) is 30.5 Å². The van der Waals surface area contributed by atoms with Gasteiger partial charge in [-0.15, -0.1) is 0 Å². The number of ether oxygens (including phenoxy) is 2. The number of carbonyl (C=O) groups is 1. The van der Waals surface area contributed by atoms with Crippen molar-refractivity contribution in [1.29, 1.82) is 0 Å². The van der Waals surface area contributed by atoms with Crippen molar-refractivity contribution in [3.8, 4) is 11.5 Å². The Labute approximate surface area is 198 Å². The highest BCUT2D eigenvalue weighted by Crippen LogP contribution is 2.32. The molecule has 2 N–H and O–H groups in total. The van der Waals surface area contributed by atoms with E-state index in [1.54, 1.807) is 6.08 Å². The van der Waals surface area contributed by atoms with Gasteiger partial charge in [-0.3, -0.25) is 4.79 Å². The fourth-order valence-electron chi connectivity index (χ4n) is 3.58. The Hall–Kier alpha value is -3.51. The molecule has 0 saturated carbocycles. The van der Waals surface area contributed by atoms with Crippen molar-refractivity contribution in [2.45, 2.75) is 19.3 Å². The predicted octanol–water partition coefficient (Wildman–Crippen LogP) is 5.40. The molecular weight excluding hydrogens is 432 g/mol. The highest BCUT2D eigenvalue weighted by Gasteiger charge is 2.22.